The summed E-state index contributed by atoms with van der Waals surface area (Å²) in [6.45, 7) is 1.55. The number of ether oxygens (including phenoxy) is 1. The van der Waals surface area contributed by atoms with E-state index in [1.807, 2.05) is 7.05 Å². The van der Waals surface area contributed by atoms with E-state index in [-0.39, 0.29) is 6.04 Å². The standard InChI is InChI=1S/C8H20N2O2/c1-10(12-3)7-8(9)5-4-6-11-2/h8H,4-7,9H2,1-3H3. The molecule has 0 aromatic heterocycles. The van der Waals surface area contributed by atoms with Gasteiger partial charge in [0.1, 0.15) is 0 Å². The van der Waals surface area contributed by atoms with Crippen LogP contribution < -0.4 is 5.73 Å². The Hall–Kier alpha value is -0.160. The average molecular weight is 176 g/mol. The fourth-order valence-corrected chi connectivity index (χ4v) is 0.986. The molecule has 0 spiro atoms. The minimum atomic E-state index is 0.171. The van der Waals surface area contributed by atoms with Crippen LogP contribution in [0.25, 0.3) is 0 Å². The van der Waals surface area contributed by atoms with Gasteiger partial charge in [0, 0.05) is 33.4 Å². The van der Waals surface area contributed by atoms with E-state index < -0.39 is 0 Å². The van der Waals surface area contributed by atoms with Crippen LogP contribution in [0.4, 0.5) is 0 Å². The summed E-state index contributed by atoms with van der Waals surface area (Å²) in [6.07, 6.45) is 1.98. The maximum Gasteiger partial charge on any atom is 0.0575 e. The predicted molar refractivity (Wildman–Crippen MR) is 48.7 cm³/mol. The van der Waals surface area contributed by atoms with E-state index in [1.165, 1.54) is 0 Å². The first-order valence-corrected chi connectivity index (χ1v) is 4.20. The molecule has 0 fully saturated rings. The number of rotatable bonds is 7. The van der Waals surface area contributed by atoms with Crippen LogP contribution in [0.15, 0.2) is 0 Å². The van der Waals surface area contributed by atoms with E-state index in [9.17, 15) is 0 Å². The van der Waals surface area contributed by atoms with Gasteiger partial charge < -0.3 is 15.3 Å². The molecule has 0 aliphatic rings. The molecule has 4 heteroatoms. The number of nitrogens with zero attached hydrogens (tertiary/aromatic N) is 1. The lowest BCUT2D eigenvalue weighted by molar-refractivity contribution is -0.112. The molecule has 0 saturated heterocycles. The van der Waals surface area contributed by atoms with Crippen molar-refractivity contribution in [2.24, 2.45) is 5.73 Å². The van der Waals surface area contributed by atoms with Crippen molar-refractivity contribution in [3.63, 3.8) is 0 Å². The molecule has 1 unspecified atom stereocenters. The quantitative estimate of drug-likeness (QED) is 0.446. The summed E-state index contributed by atoms with van der Waals surface area (Å²) in [5.74, 6) is 0. The first-order chi connectivity index (χ1) is 5.70. The predicted octanol–water partition coefficient (Wildman–Crippen LogP) is 0.234. The maximum absolute atomic E-state index is 5.81. The van der Waals surface area contributed by atoms with Crippen LogP contribution in [0, 0.1) is 0 Å². The molecule has 0 aliphatic carbocycles. The third-order valence-corrected chi connectivity index (χ3v) is 1.73. The highest BCUT2D eigenvalue weighted by Gasteiger charge is 2.05. The molecular formula is C8H20N2O2. The molecule has 12 heavy (non-hydrogen) atoms. The summed E-state index contributed by atoms with van der Waals surface area (Å²) < 4.78 is 4.92. The number of likely N-dealkylation sites (N-methyl/N-ethyl adjacent to an activating group) is 1. The van der Waals surface area contributed by atoms with Crippen molar-refractivity contribution in [1.82, 2.24) is 5.06 Å². The third kappa shape index (κ3) is 6.54. The highest BCUT2D eigenvalue weighted by Crippen LogP contribution is 1.96. The van der Waals surface area contributed by atoms with Crippen molar-refractivity contribution in [2.75, 3.05) is 34.4 Å². The molecule has 0 aromatic rings. The largest absolute Gasteiger partial charge is 0.385 e. The smallest absolute Gasteiger partial charge is 0.0575 e. The zero-order valence-electron chi connectivity index (χ0n) is 8.25. The van der Waals surface area contributed by atoms with E-state index in [0.29, 0.717) is 0 Å². The lowest BCUT2D eigenvalue weighted by Crippen LogP contribution is -2.34. The van der Waals surface area contributed by atoms with E-state index in [2.05, 4.69) is 0 Å². The Kier molecular flexibility index (Phi) is 7.39. The minimum absolute atomic E-state index is 0.171. The number of hydroxylamine groups is 2. The second-order valence-corrected chi connectivity index (χ2v) is 2.89. The van der Waals surface area contributed by atoms with E-state index in [0.717, 1.165) is 26.0 Å². The summed E-state index contributed by atoms with van der Waals surface area (Å²) in [6, 6.07) is 0.171. The van der Waals surface area contributed by atoms with Gasteiger partial charge in [-0.1, -0.05) is 0 Å². The Bertz CT molecular complexity index is 101. The lowest BCUT2D eigenvalue weighted by atomic mass is 10.2. The molecule has 0 heterocycles. The summed E-state index contributed by atoms with van der Waals surface area (Å²) >= 11 is 0. The minimum Gasteiger partial charge on any atom is -0.385 e. The second-order valence-electron chi connectivity index (χ2n) is 2.89. The molecule has 0 bridgehead atoms. The van der Waals surface area contributed by atoms with Gasteiger partial charge in [-0.05, 0) is 12.8 Å². The lowest BCUT2D eigenvalue weighted by Gasteiger charge is -2.18. The van der Waals surface area contributed by atoms with Crippen molar-refractivity contribution < 1.29 is 9.57 Å². The molecule has 0 saturated carbocycles. The molecule has 0 aromatic carbocycles. The first-order valence-electron chi connectivity index (χ1n) is 4.20. The molecule has 4 nitrogen and oxygen atoms in total. The number of hydrogen-bond acceptors (Lipinski definition) is 4. The van der Waals surface area contributed by atoms with Crippen molar-refractivity contribution in [1.29, 1.82) is 0 Å². The summed E-state index contributed by atoms with van der Waals surface area (Å²) in [5, 5.41) is 1.73. The van der Waals surface area contributed by atoms with Gasteiger partial charge in [0.2, 0.25) is 0 Å². The summed E-state index contributed by atoms with van der Waals surface area (Å²) in [5.41, 5.74) is 5.81. The van der Waals surface area contributed by atoms with Gasteiger partial charge in [-0.3, -0.25) is 0 Å². The van der Waals surface area contributed by atoms with Gasteiger partial charge >= 0.3 is 0 Å². The van der Waals surface area contributed by atoms with Gasteiger partial charge in [0.25, 0.3) is 0 Å². The molecule has 0 radical (unpaired) electrons. The number of methoxy groups -OCH3 is 1. The van der Waals surface area contributed by atoms with Crippen LogP contribution in [-0.4, -0.2) is 45.5 Å². The second kappa shape index (κ2) is 7.49. The van der Waals surface area contributed by atoms with Crippen LogP contribution in [0.2, 0.25) is 0 Å². The van der Waals surface area contributed by atoms with Crippen LogP contribution >= 0.6 is 0 Å². The molecule has 0 amide bonds. The van der Waals surface area contributed by atoms with Gasteiger partial charge in [0.05, 0.1) is 7.11 Å². The summed E-state index contributed by atoms with van der Waals surface area (Å²) in [4.78, 5) is 4.95. The highest BCUT2D eigenvalue weighted by atomic mass is 16.7. The molecule has 0 rings (SSSR count). The Morgan fingerprint density at radius 2 is 2.08 bits per heavy atom. The molecular weight excluding hydrogens is 156 g/mol. The molecule has 74 valence electrons. The van der Waals surface area contributed by atoms with Crippen LogP contribution in [0.5, 0.6) is 0 Å². The number of nitrogens with two attached hydrogens (primary N) is 1. The van der Waals surface area contributed by atoms with Crippen molar-refractivity contribution in [2.45, 2.75) is 18.9 Å². The van der Waals surface area contributed by atoms with Gasteiger partial charge in [-0.2, -0.15) is 5.06 Å². The fraction of sp³-hybridized carbons (Fsp3) is 1.00. The Labute approximate surface area is 74.6 Å². The van der Waals surface area contributed by atoms with Gasteiger partial charge in [-0.25, -0.2) is 0 Å². The maximum atomic E-state index is 5.81. The van der Waals surface area contributed by atoms with Crippen molar-refractivity contribution in [3.8, 4) is 0 Å². The topological polar surface area (TPSA) is 47.7 Å². The van der Waals surface area contributed by atoms with Crippen molar-refractivity contribution in [3.05, 3.63) is 0 Å². The first kappa shape index (κ1) is 11.8. The van der Waals surface area contributed by atoms with E-state index in [1.54, 1.807) is 19.3 Å². The molecule has 1 atom stereocenters. The van der Waals surface area contributed by atoms with E-state index >= 15 is 0 Å². The number of hydrogen-bond donors (Lipinski definition) is 1. The normalized spacial score (nSPS) is 13.8. The van der Waals surface area contributed by atoms with Crippen LogP contribution in [-0.2, 0) is 9.57 Å². The monoisotopic (exact) mass is 176 g/mol. The van der Waals surface area contributed by atoms with Crippen molar-refractivity contribution >= 4 is 0 Å². The zero-order valence-corrected chi connectivity index (χ0v) is 8.25. The van der Waals surface area contributed by atoms with Gasteiger partial charge in [0.15, 0.2) is 0 Å². The zero-order chi connectivity index (χ0) is 9.40. The Morgan fingerprint density at radius 1 is 1.42 bits per heavy atom. The van der Waals surface area contributed by atoms with Crippen LogP contribution in [0.3, 0.4) is 0 Å². The fourth-order valence-electron chi connectivity index (χ4n) is 0.986. The Morgan fingerprint density at radius 3 is 2.58 bits per heavy atom. The third-order valence-electron chi connectivity index (χ3n) is 1.73. The van der Waals surface area contributed by atoms with Crippen LogP contribution in [0.1, 0.15) is 12.8 Å². The Balaban J connectivity index is 3.26. The van der Waals surface area contributed by atoms with Gasteiger partial charge in [-0.15, -0.1) is 0 Å². The molecule has 2 N–H and O–H groups in total. The summed E-state index contributed by atoms with van der Waals surface area (Å²) in [7, 11) is 5.21. The SMILES string of the molecule is COCCCC(N)CN(C)OC. The highest BCUT2D eigenvalue weighted by molar-refractivity contribution is 4.62. The molecule has 0 aliphatic heterocycles. The average Bonchev–Trinajstić information content (AvgIpc) is 2.05. The van der Waals surface area contributed by atoms with E-state index in [4.69, 9.17) is 15.3 Å².